The van der Waals surface area contributed by atoms with Crippen molar-refractivity contribution in [2.75, 3.05) is 7.05 Å². The third-order valence-corrected chi connectivity index (χ3v) is 4.15. The molecular formula is C19H18ClN3O3. The van der Waals surface area contributed by atoms with E-state index in [1.807, 2.05) is 6.07 Å². The number of fused-ring (bicyclic) bond motifs is 1. The van der Waals surface area contributed by atoms with Crippen molar-refractivity contribution in [2.45, 2.75) is 19.6 Å². The van der Waals surface area contributed by atoms with Crippen molar-refractivity contribution < 1.29 is 9.53 Å². The SMILES string of the molecule is C[C@@H](Oc1ccc(Cl)cc1)C(=O)N(C)Cc1nc2ccccc2c(=O)[nH]1. The monoisotopic (exact) mass is 371 g/mol. The summed E-state index contributed by atoms with van der Waals surface area (Å²) in [6.07, 6.45) is -0.687. The number of carbonyl (C=O) groups is 1. The van der Waals surface area contributed by atoms with Crippen molar-refractivity contribution in [3.63, 3.8) is 0 Å². The summed E-state index contributed by atoms with van der Waals surface area (Å²) in [4.78, 5) is 33.2. The number of para-hydroxylation sites is 1. The van der Waals surface area contributed by atoms with Crippen LogP contribution in [0.25, 0.3) is 10.9 Å². The summed E-state index contributed by atoms with van der Waals surface area (Å²) >= 11 is 5.84. The number of aromatic amines is 1. The molecular weight excluding hydrogens is 354 g/mol. The number of benzene rings is 2. The zero-order chi connectivity index (χ0) is 18.7. The van der Waals surface area contributed by atoms with E-state index in [-0.39, 0.29) is 18.0 Å². The first kappa shape index (κ1) is 17.9. The Labute approximate surface area is 155 Å². The number of ether oxygens (including phenoxy) is 1. The zero-order valence-corrected chi connectivity index (χ0v) is 15.2. The average Bonchev–Trinajstić information content (AvgIpc) is 2.63. The lowest BCUT2D eigenvalue weighted by Crippen LogP contribution is -2.38. The molecule has 0 saturated carbocycles. The van der Waals surface area contributed by atoms with E-state index >= 15 is 0 Å². The lowest BCUT2D eigenvalue weighted by molar-refractivity contribution is -0.137. The topological polar surface area (TPSA) is 75.3 Å². The predicted octanol–water partition coefficient (Wildman–Crippen LogP) is 3.00. The van der Waals surface area contributed by atoms with Gasteiger partial charge < -0.3 is 14.6 Å². The number of halogens is 1. The summed E-state index contributed by atoms with van der Waals surface area (Å²) in [5.41, 5.74) is 0.370. The van der Waals surface area contributed by atoms with Gasteiger partial charge in [0.05, 0.1) is 17.4 Å². The maximum Gasteiger partial charge on any atom is 0.263 e. The van der Waals surface area contributed by atoms with Crippen molar-refractivity contribution in [3.05, 3.63) is 69.7 Å². The van der Waals surface area contributed by atoms with Gasteiger partial charge >= 0.3 is 0 Å². The van der Waals surface area contributed by atoms with Gasteiger partial charge in [0.1, 0.15) is 11.6 Å². The highest BCUT2D eigenvalue weighted by atomic mass is 35.5. The number of amides is 1. The lowest BCUT2D eigenvalue weighted by Gasteiger charge is -2.21. The molecule has 0 aliphatic heterocycles. The summed E-state index contributed by atoms with van der Waals surface area (Å²) < 4.78 is 5.64. The fraction of sp³-hybridized carbons (Fsp3) is 0.211. The molecule has 0 fully saturated rings. The van der Waals surface area contributed by atoms with E-state index in [4.69, 9.17) is 16.3 Å². The normalized spacial score (nSPS) is 12.0. The number of H-pyrrole nitrogens is 1. The van der Waals surface area contributed by atoms with E-state index in [1.54, 1.807) is 56.4 Å². The molecule has 6 nitrogen and oxygen atoms in total. The molecule has 3 aromatic rings. The second-order valence-electron chi connectivity index (χ2n) is 5.94. The van der Waals surface area contributed by atoms with Crippen LogP contribution in [0.15, 0.2) is 53.3 Å². The van der Waals surface area contributed by atoms with Crippen molar-refractivity contribution in [3.8, 4) is 5.75 Å². The molecule has 1 amide bonds. The Morgan fingerprint density at radius 3 is 2.65 bits per heavy atom. The molecule has 0 spiro atoms. The number of hydrogen-bond acceptors (Lipinski definition) is 4. The fourth-order valence-corrected chi connectivity index (χ4v) is 2.72. The Morgan fingerprint density at radius 2 is 1.92 bits per heavy atom. The standard InChI is InChI=1S/C19H18ClN3O3/c1-12(26-14-9-7-13(20)8-10-14)19(25)23(2)11-17-21-16-6-4-3-5-15(16)18(24)22-17/h3-10,12H,11H2,1-2H3,(H,21,22,24)/t12-/m1/s1. The molecule has 1 N–H and O–H groups in total. The number of rotatable bonds is 5. The molecule has 1 heterocycles. The molecule has 0 bridgehead atoms. The summed E-state index contributed by atoms with van der Waals surface area (Å²) in [6, 6.07) is 13.9. The number of nitrogens with one attached hydrogen (secondary N) is 1. The average molecular weight is 372 g/mol. The van der Waals surface area contributed by atoms with Crippen LogP contribution in [0.1, 0.15) is 12.7 Å². The van der Waals surface area contributed by atoms with Crippen LogP contribution in [0.2, 0.25) is 5.02 Å². The van der Waals surface area contributed by atoms with Gasteiger partial charge in [-0.2, -0.15) is 0 Å². The highest BCUT2D eigenvalue weighted by molar-refractivity contribution is 6.30. The Hall–Kier alpha value is -2.86. The van der Waals surface area contributed by atoms with Crippen LogP contribution in [0, 0.1) is 0 Å². The number of aromatic nitrogens is 2. The van der Waals surface area contributed by atoms with Gasteiger partial charge in [-0.1, -0.05) is 23.7 Å². The van der Waals surface area contributed by atoms with Gasteiger partial charge in [0, 0.05) is 12.1 Å². The van der Waals surface area contributed by atoms with E-state index in [0.29, 0.717) is 27.5 Å². The molecule has 1 aromatic heterocycles. The molecule has 1 atom stereocenters. The van der Waals surface area contributed by atoms with E-state index in [1.165, 1.54) is 4.90 Å². The molecule has 0 radical (unpaired) electrons. The van der Waals surface area contributed by atoms with Crippen LogP contribution in [-0.4, -0.2) is 33.9 Å². The van der Waals surface area contributed by atoms with Crippen molar-refractivity contribution in [2.24, 2.45) is 0 Å². The lowest BCUT2D eigenvalue weighted by atomic mass is 10.2. The zero-order valence-electron chi connectivity index (χ0n) is 14.4. The first-order chi connectivity index (χ1) is 12.4. The van der Waals surface area contributed by atoms with Crippen LogP contribution < -0.4 is 10.3 Å². The third-order valence-electron chi connectivity index (χ3n) is 3.90. The minimum absolute atomic E-state index is 0.174. The van der Waals surface area contributed by atoms with Gasteiger partial charge in [-0.05, 0) is 43.3 Å². The minimum atomic E-state index is -0.687. The Morgan fingerprint density at radius 1 is 1.23 bits per heavy atom. The summed E-state index contributed by atoms with van der Waals surface area (Å²) in [5.74, 6) is 0.750. The number of carbonyl (C=O) groups excluding carboxylic acids is 1. The largest absolute Gasteiger partial charge is 0.481 e. The fourth-order valence-electron chi connectivity index (χ4n) is 2.59. The second kappa shape index (κ2) is 7.58. The molecule has 0 aliphatic rings. The van der Waals surface area contributed by atoms with Crippen LogP contribution in [-0.2, 0) is 11.3 Å². The molecule has 7 heteroatoms. The van der Waals surface area contributed by atoms with Gasteiger partial charge in [0.2, 0.25) is 0 Å². The third kappa shape index (κ3) is 4.03. The summed E-state index contributed by atoms with van der Waals surface area (Å²) in [5, 5.41) is 1.12. The number of nitrogens with zero attached hydrogens (tertiary/aromatic N) is 2. The van der Waals surface area contributed by atoms with E-state index < -0.39 is 6.10 Å². The van der Waals surface area contributed by atoms with Gasteiger partial charge in [-0.3, -0.25) is 9.59 Å². The van der Waals surface area contributed by atoms with Crippen LogP contribution in [0.3, 0.4) is 0 Å². The Balaban J connectivity index is 1.70. The van der Waals surface area contributed by atoms with Gasteiger partial charge in [-0.25, -0.2) is 4.98 Å². The van der Waals surface area contributed by atoms with E-state index in [2.05, 4.69) is 9.97 Å². The van der Waals surface area contributed by atoms with E-state index in [0.717, 1.165) is 0 Å². The first-order valence-electron chi connectivity index (χ1n) is 8.09. The van der Waals surface area contributed by atoms with Crippen molar-refractivity contribution in [1.82, 2.24) is 14.9 Å². The minimum Gasteiger partial charge on any atom is -0.481 e. The van der Waals surface area contributed by atoms with Gasteiger partial charge in [0.25, 0.3) is 11.5 Å². The highest BCUT2D eigenvalue weighted by Gasteiger charge is 2.20. The van der Waals surface area contributed by atoms with Crippen LogP contribution in [0.5, 0.6) is 5.75 Å². The highest BCUT2D eigenvalue weighted by Crippen LogP contribution is 2.17. The van der Waals surface area contributed by atoms with Crippen molar-refractivity contribution in [1.29, 1.82) is 0 Å². The smallest absolute Gasteiger partial charge is 0.263 e. The number of likely N-dealkylation sites (N-methyl/N-ethyl adjacent to an activating group) is 1. The number of hydrogen-bond donors (Lipinski definition) is 1. The molecule has 0 saturated heterocycles. The quantitative estimate of drug-likeness (QED) is 0.748. The van der Waals surface area contributed by atoms with Crippen LogP contribution in [0.4, 0.5) is 0 Å². The molecule has 0 unspecified atom stereocenters. The molecule has 26 heavy (non-hydrogen) atoms. The maximum absolute atomic E-state index is 12.5. The molecule has 134 valence electrons. The first-order valence-corrected chi connectivity index (χ1v) is 8.47. The second-order valence-corrected chi connectivity index (χ2v) is 6.37. The Bertz CT molecular complexity index is 985. The summed E-state index contributed by atoms with van der Waals surface area (Å²) in [7, 11) is 1.64. The van der Waals surface area contributed by atoms with Crippen molar-refractivity contribution >= 4 is 28.4 Å². The summed E-state index contributed by atoms with van der Waals surface area (Å²) in [6.45, 7) is 1.84. The predicted molar refractivity (Wildman–Crippen MR) is 100 cm³/mol. The Kier molecular flexibility index (Phi) is 5.23. The van der Waals surface area contributed by atoms with Gasteiger partial charge in [-0.15, -0.1) is 0 Å². The molecule has 0 aliphatic carbocycles. The molecule has 2 aromatic carbocycles. The van der Waals surface area contributed by atoms with Gasteiger partial charge in [0.15, 0.2) is 6.10 Å². The maximum atomic E-state index is 12.5. The van der Waals surface area contributed by atoms with E-state index in [9.17, 15) is 9.59 Å². The molecule has 3 rings (SSSR count). The van der Waals surface area contributed by atoms with Crippen LogP contribution >= 0.6 is 11.6 Å².